The Bertz CT molecular complexity index is 2820. The molecule has 2 heterocycles. The van der Waals surface area contributed by atoms with Crippen molar-refractivity contribution in [2.45, 2.75) is 47.3 Å². The van der Waals surface area contributed by atoms with Crippen molar-refractivity contribution in [3.63, 3.8) is 0 Å². The molecule has 2 aliphatic heterocycles. The average molecular weight is 766 g/mol. The van der Waals surface area contributed by atoms with Gasteiger partial charge in [-0.3, -0.25) is 0 Å². The molecular weight excluding hydrogens is 718 g/mol. The van der Waals surface area contributed by atoms with Crippen molar-refractivity contribution in [3.05, 3.63) is 186 Å². The van der Waals surface area contributed by atoms with Crippen LogP contribution >= 0.6 is 0 Å². The van der Waals surface area contributed by atoms with Crippen LogP contribution in [0.5, 0.6) is 0 Å². The summed E-state index contributed by atoms with van der Waals surface area (Å²) in [6.07, 6.45) is 0. The summed E-state index contributed by atoms with van der Waals surface area (Å²) in [4.78, 5) is 7.57. The van der Waals surface area contributed by atoms with E-state index in [0.29, 0.717) is 0 Å². The van der Waals surface area contributed by atoms with Gasteiger partial charge >= 0.3 is 0 Å². The van der Waals surface area contributed by atoms with Gasteiger partial charge in [0.25, 0.3) is 6.71 Å². The fraction of sp³-hybridized carbons (Fsp3) is 0.132. The van der Waals surface area contributed by atoms with E-state index in [9.17, 15) is 0 Å². The molecule has 0 spiro atoms. The molecule has 0 amide bonds. The van der Waals surface area contributed by atoms with Crippen LogP contribution in [0.3, 0.4) is 0 Å². The predicted octanol–water partition coefficient (Wildman–Crippen LogP) is 12.2. The first-order chi connectivity index (χ1) is 28.0. The van der Waals surface area contributed by atoms with Crippen molar-refractivity contribution in [1.29, 1.82) is 0 Å². The van der Waals surface area contributed by atoms with Crippen LogP contribution in [0, 0.1) is 27.7 Å². The Kier molecular flexibility index (Phi) is 8.50. The van der Waals surface area contributed by atoms with E-state index in [-0.39, 0.29) is 6.71 Å². The molecule has 0 bridgehead atoms. The van der Waals surface area contributed by atoms with Crippen molar-refractivity contribution in [3.8, 4) is 0 Å². The Hall–Kier alpha value is -6.30. The molecule has 0 N–H and O–H groups in total. The van der Waals surface area contributed by atoms with Crippen LogP contribution in [-0.4, -0.2) is 14.8 Å². The summed E-state index contributed by atoms with van der Waals surface area (Å²) in [7, 11) is -1.84. The number of nitrogens with zero attached hydrogens (tertiary/aromatic N) is 3. The summed E-state index contributed by atoms with van der Waals surface area (Å²) in [5, 5.41) is 3.92. The van der Waals surface area contributed by atoms with E-state index in [4.69, 9.17) is 0 Å². The van der Waals surface area contributed by atoms with Crippen LogP contribution in [0.15, 0.2) is 164 Å². The average Bonchev–Trinajstić information content (AvgIpc) is 3.22. The van der Waals surface area contributed by atoms with Gasteiger partial charge in [-0.25, -0.2) is 0 Å². The highest BCUT2D eigenvalue weighted by molar-refractivity contribution is 7.00. The zero-order valence-corrected chi connectivity index (χ0v) is 35.5. The maximum atomic E-state index is 2.61. The van der Waals surface area contributed by atoms with Gasteiger partial charge < -0.3 is 14.7 Å². The van der Waals surface area contributed by atoms with Crippen LogP contribution in [0.25, 0.3) is 10.8 Å². The second-order valence-electron chi connectivity index (χ2n) is 17.4. The van der Waals surface area contributed by atoms with Crippen molar-refractivity contribution in [2.24, 2.45) is 0 Å². The van der Waals surface area contributed by atoms with Crippen LogP contribution in [0.4, 0.5) is 51.2 Å². The highest BCUT2D eigenvalue weighted by Gasteiger charge is 2.44. The van der Waals surface area contributed by atoms with Gasteiger partial charge in [-0.15, -0.1) is 0 Å². The van der Waals surface area contributed by atoms with Gasteiger partial charge in [0.05, 0.1) is 13.8 Å². The highest BCUT2D eigenvalue weighted by atomic mass is 28.3. The molecule has 0 radical (unpaired) electrons. The topological polar surface area (TPSA) is 9.72 Å². The van der Waals surface area contributed by atoms with Gasteiger partial charge in [0, 0.05) is 50.9 Å². The standard InChI is InChI=1S/C53H48BN3Si/c1-35-15-22-40(23-16-35)55(41-24-17-36(2)18-25-41)43-28-29-46-50(32-43)57(48-14-10-12-39-11-8-9-13-45(39)48)52-34-44(58(5,6)7)33-51-53(52)54(46)47-31-38(4)21-30-49(47)56(51)42-26-19-37(3)20-27-42/h8-34H,1-7H3. The fourth-order valence-electron chi connectivity index (χ4n) is 9.15. The monoisotopic (exact) mass is 765 g/mol. The van der Waals surface area contributed by atoms with E-state index in [1.807, 2.05) is 0 Å². The highest BCUT2D eigenvalue weighted by Crippen LogP contribution is 2.47. The summed E-state index contributed by atoms with van der Waals surface area (Å²) in [5.74, 6) is 0. The normalized spacial score (nSPS) is 13.0. The van der Waals surface area contributed by atoms with E-state index in [1.54, 1.807) is 0 Å². The lowest BCUT2D eigenvalue weighted by molar-refractivity contribution is 1.24. The van der Waals surface area contributed by atoms with E-state index in [0.717, 1.165) is 17.1 Å². The lowest BCUT2D eigenvalue weighted by Gasteiger charge is -2.45. The Morgan fingerprint density at radius 3 is 1.66 bits per heavy atom. The first kappa shape index (κ1) is 36.1. The minimum atomic E-state index is -1.84. The lowest BCUT2D eigenvalue weighted by atomic mass is 9.33. The van der Waals surface area contributed by atoms with E-state index >= 15 is 0 Å². The number of hydrogen-bond acceptors (Lipinski definition) is 3. The van der Waals surface area contributed by atoms with Crippen LogP contribution in [-0.2, 0) is 0 Å². The molecule has 0 unspecified atom stereocenters. The molecular formula is C53H48BN3Si. The number of benzene rings is 8. The number of anilines is 9. The third-order valence-electron chi connectivity index (χ3n) is 12.2. The Morgan fingerprint density at radius 1 is 0.431 bits per heavy atom. The first-order valence-electron chi connectivity index (χ1n) is 20.5. The van der Waals surface area contributed by atoms with E-state index in [2.05, 4.69) is 226 Å². The smallest absolute Gasteiger partial charge is 0.252 e. The number of aryl methyl sites for hydroxylation is 4. The molecule has 5 heteroatoms. The quantitative estimate of drug-likeness (QED) is 0.156. The van der Waals surface area contributed by atoms with Gasteiger partial charge in [-0.2, -0.15) is 0 Å². The Morgan fingerprint density at radius 2 is 1.00 bits per heavy atom. The molecule has 8 aromatic rings. The zero-order valence-electron chi connectivity index (χ0n) is 34.5. The summed E-state index contributed by atoms with van der Waals surface area (Å²) in [5.41, 5.74) is 19.8. The van der Waals surface area contributed by atoms with Gasteiger partial charge in [-0.05, 0) is 122 Å². The van der Waals surface area contributed by atoms with Gasteiger partial charge in [0.2, 0.25) is 0 Å². The van der Waals surface area contributed by atoms with Crippen molar-refractivity contribution in [1.82, 2.24) is 0 Å². The van der Waals surface area contributed by atoms with Gasteiger partial charge in [0.1, 0.15) is 0 Å². The zero-order chi connectivity index (χ0) is 39.9. The number of rotatable bonds is 6. The molecule has 3 nitrogen and oxygen atoms in total. The molecule has 0 aromatic heterocycles. The molecule has 0 saturated heterocycles. The lowest BCUT2D eigenvalue weighted by Crippen LogP contribution is -2.62. The molecule has 58 heavy (non-hydrogen) atoms. The van der Waals surface area contributed by atoms with Gasteiger partial charge in [-0.1, -0.05) is 138 Å². The second kappa shape index (κ2) is 13.7. The molecule has 0 fully saturated rings. The minimum Gasteiger partial charge on any atom is -0.311 e. The van der Waals surface area contributed by atoms with Crippen LogP contribution in [0.1, 0.15) is 22.3 Å². The molecule has 0 saturated carbocycles. The Balaban J connectivity index is 1.32. The maximum Gasteiger partial charge on any atom is 0.252 e. The third-order valence-corrected chi connectivity index (χ3v) is 14.2. The summed E-state index contributed by atoms with van der Waals surface area (Å²) in [6.45, 7) is 16.2. The third kappa shape index (κ3) is 5.95. The fourth-order valence-corrected chi connectivity index (χ4v) is 10.3. The molecule has 10 rings (SSSR count). The summed E-state index contributed by atoms with van der Waals surface area (Å²) in [6, 6.07) is 62.0. The Labute approximate surface area is 344 Å². The van der Waals surface area contributed by atoms with Crippen LogP contribution < -0.4 is 36.3 Å². The second-order valence-corrected chi connectivity index (χ2v) is 22.5. The SMILES string of the molecule is Cc1ccc(N(c2ccc(C)cc2)c2ccc3c(c2)N(c2cccc4ccccc24)c2cc([Si](C)(C)C)cc4c2B3c2cc(C)ccc2N4c2ccc(C)cc2)cc1. The molecule has 8 aromatic carbocycles. The summed E-state index contributed by atoms with van der Waals surface area (Å²) < 4.78 is 0. The molecule has 0 atom stereocenters. The van der Waals surface area contributed by atoms with Crippen LogP contribution in [0.2, 0.25) is 19.6 Å². The van der Waals surface area contributed by atoms with E-state index < -0.39 is 8.07 Å². The molecule has 0 aliphatic carbocycles. The minimum absolute atomic E-state index is 0.0414. The number of hydrogen-bond donors (Lipinski definition) is 0. The van der Waals surface area contributed by atoms with Crippen molar-refractivity contribution >= 4 is 98.3 Å². The van der Waals surface area contributed by atoms with Crippen molar-refractivity contribution < 1.29 is 0 Å². The van der Waals surface area contributed by atoms with Crippen molar-refractivity contribution in [2.75, 3.05) is 14.7 Å². The van der Waals surface area contributed by atoms with E-state index in [1.165, 1.54) is 88.7 Å². The molecule has 282 valence electrons. The first-order valence-corrected chi connectivity index (χ1v) is 24.0. The predicted molar refractivity (Wildman–Crippen MR) is 255 cm³/mol. The number of fused-ring (bicyclic) bond motifs is 5. The largest absolute Gasteiger partial charge is 0.311 e. The molecule has 2 aliphatic rings. The van der Waals surface area contributed by atoms with Gasteiger partial charge in [0.15, 0.2) is 0 Å². The summed E-state index contributed by atoms with van der Waals surface area (Å²) >= 11 is 0. The maximum absolute atomic E-state index is 2.61.